The van der Waals surface area contributed by atoms with Crippen LogP contribution in [0.2, 0.25) is 0 Å². The van der Waals surface area contributed by atoms with Gasteiger partial charge in [-0.3, -0.25) is 10.1 Å². The molecule has 6 heteroatoms. The molecule has 0 unspecified atom stereocenters. The van der Waals surface area contributed by atoms with Crippen molar-refractivity contribution < 1.29 is 4.92 Å². The van der Waals surface area contributed by atoms with Gasteiger partial charge in [-0.05, 0) is 11.6 Å². The Labute approximate surface area is 80.1 Å². The van der Waals surface area contributed by atoms with Crippen molar-refractivity contribution in [1.29, 1.82) is 0 Å². The Morgan fingerprint density at radius 3 is 2.79 bits per heavy atom. The smallest absolute Gasteiger partial charge is 0.258 e. The molecule has 0 saturated carbocycles. The van der Waals surface area contributed by atoms with Gasteiger partial charge in [-0.15, -0.1) is 4.91 Å². The largest absolute Gasteiger partial charge is 0.275 e. The highest BCUT2D eigenvalue weighted by molar-refractivity contribution is 5.42. The Bertz CT molecular complexity index is 365. The Morgan fingerprint density at radius 2 is 2.29 bits per heavy atom. The average Bonchev–Trinajstić information content (AvgIpc) is 2.17. The molecule has 1 rings (SSSR count). The summed E-state index contributed by atoms with van der Waals surface area (Å²) in [5.74, 6) is -0.136. The highest BCUT2D eigenvalue weighted by Gasteiger charge is 2.10. The highest BCUT2D eigenvalue weighted by Crippen LogP contribution is 2.19. The van der Waals surface area contributed by atoms with E-state index in [-0.39, 0.29) is 11.5 Å². The van der Waals surface area contributed by atoms with Crippen LogP contribution in [0.4, 0.5) is 11.5 Å². The van der Waals surface area contributed by atoms with E-state index in [1.165, 1.54) is 6.07 Å². The van der Waals surface area contributed by atoms with Crippen LogP contribution in [-0.4, -0.2) is 9.91 Å². The molecular weight excluding hydrogens is 186 g/mol. The van der Waals surface area contributed by atoms with E-state index in [4.69, 9.17) is 0 Å². The first kappa shape index (κ1) is 10.2. The minimum atomic E-state index is -0.560. The van der Waals surface area contributed by atoms with Crippen molar-refractivity contribution in [3.8, 4) is 0 Å². The SMILES string of the molecule is CCCc1cc([N+](=O)[O-])cc(N=O)n1. The quantitative estimate of drug-likeness (QED) is 0.419. The maximum atomic E-state index is 10.5. The fraction of sp³-hybridized carbons (Fsp3) is 0.375. The average molecular weight is 195 g/mol. The number of pyridine rings is 1. The lowest BCUT2D eigenvalue weighted by atomic mass is 10.2. The zero-order valence-corrected chi connectivity index (χ0v) is 7.64. The summed E-state index contributed by atoms with van der Waals surface area (Å²) in [6.45, 7) is 1.93. The van der Waals surface area contributed by atoms with Gasteiger partial charge in [0.25, 0.3) is 5.69 Å². The van der Waals surface area contributed by atoms with Crippen molar-refractivity contribution in [3.63, 3.8) is 0 Å². The van der Waals surface area contributed by atoms with Crippen molar-refractivity contribution >= 4 is 11.5 Å². The molecule has 0 N–H and O–H groups in total. The van der Waals surface area contributed by atoms with Crippen LogP contribution in [-0.2, 0) is 6.42 Å². The number of nitrogens with zero attached hydrogens (tertiary/aromatic N) is 3. The van der Waals surface area contributed by atoms with Crippen LogP contribution in [0, 0.1) is 15.0 Å². The number of rotatable bonds is 4. The lowest BCUT2D eigenvalue weighted by Gasteiger charge is -1.98. The molecule has 0 aliphatic carbocycles. The van der Waals surface area contributed by atoms with Crippen molar-refractivity contribution in [2.24, 2.45) is 5.18 Å². The number of nitroso groups, excluding NO2 is 1. The van der Waals surface area contributed by atoms with Crippen LogP contribution >= 0.6 is 0 Å². The molecule has 0 aromatic carbocycles. The lowest BCUT2D eigenvalue weighted by Crippen LogP contribution is -1.94. The number of aromatic nitrogens is 1. The van der Waals surface area contributed by atoms with Crippen molar-refractivity contribution in [2.75, 3.05) is 0 Å². The number of aryl methyl sites for hydroxylation is 1. The van der Waals surface area contributed by atoms with Crippen LogP contribution in [0.25, 0.3) is 0 Å². The minimum Gasteiger partial charge on any atom is -0.258 e. The van der Waals surface area contributed by atoms with Crippen molar-refractivity contribution in [3.05, 3.63) is 32.8 Å². The van der Waals surface area contributed by atoms with E-state index < -0.39 is 4.92 Å². The molecule has 6 nitrogen and oxygen atoms in total. The minimum absolute atomic E-state index is 0.136. The number of hydrogen-bond acceptors (Lipinski definition) is 5. The molecule has 0 atom stereocenters. The molecular formula is C8H9N3O3. The number of hydrogen-bond donors (Lipinski definition) is 0. The first-order valence-corrected chi connectivity index (χ1v) is 4.16. The van der Waals surface area contributed by atoms with Gasteiger partial charge >= 0.3 is 0 Å². The summed E-state index contributed by atoms with van der Waals surface area (Å²) in [6, 6.07) is 2.42. The number of nitro groups is 1. The third-order valence-electron chi connectivity index (χ3n) is 1.66. The van der Waals surface area contributed by atoms with E-state index in [0.29, 0.717) is 12.1 Å². The van der Waals surface area contributed by atoms with E-state index in [1.807, 2.05) is 6.92 Å². The molecule has 0 fully saturated rings. The molecule has 0 amide bonds. The molecule has 0 aliphatic rings. The van der Waals surface area contributed by atoms with Crippen molar-refractivity contribution in [2.45, 2.75) is 19.8 Å². The third kappa shape index (κ3) is 2.32. The highest BCUT2D eigenvalue weighted by atomic mass is 16.6. The van der Waals surface area contributed by atoms with E-state index in [1.54, 1.807) is 0 Å². The Morgan fingerprint density at radius 1 is 1.57 bits per heavy atom. The monoisotopic (exact) mass is 195 g/mol. The van der Waals surface area contributed by atoms with Gasteiger partial charge in [0.15, 0.2) is 0 Å². The zero-order chi connectivity index (χ0) is 10.6. The van der Waals surface area contributed by atoms with E-state index in [2.05, 4.69) is 10.2 Å². The van der Waals surface area contributed by atoms with Crippen LogP contribution < -0.4 is 0 Å². The summed E-state index contributed by atoms with van der Waals surface area (Å²) in [5.41, 5.74) is 0.384. The first-order chi connectivity index (χ1) is 6.67. The van der Waals surface area contributed by atoms with E-state index in [9.17, 15) is 15.0 Å². The van der Waals surface area contributed by atoms with Gasteiger partial charge in [0.05, 0.1) is 11.0 Å². The second-order valence-corrected chi connectivity index (χ2v) is 2.77. The third-order valence-corrected chi connectivity index (χ3v) is 1.66. The summed E-state index contributed by atoms with van der Waals surface area (Å²) >= 11 is 0. The van der Waals surface area contributed by atoms with Gasteiger partial charge in [0.2, 0.25) is 5.82 Å². The van der Waals surface area contributed by atoms with Gasteiger partial charge in [0.1, 0.15) is 0 Å². The molecule has 1 heterocycles. The lowest BCUT2D eigenvalue weighted by molar-refractivity contribution is -0.384. The van der Waals surface area contributed by atoms with Gasteiger partial charge in [0, 0.05) is 11.8 Å². The van der Waals surface area contributed by atoms with Gasteiger partial charge in [-0.2, -0.15) is 0 Å². The predicted molar refractivity (Wildman–Crippen MR) is 50.3 cm³/mol. The molecule has 14 heavy (non-hydrogen) atoms. The van der Waals surface area contributed by atoms with Crippen LogP contribution in [0.15, 0.2) is 17.3 Å². The summed E-state index contributed by atoms with van der Waals surface area (Å²) in [6.07, 6.45) is 1.41. The first-order valence-electron chi connectivity index (χ1n) is 4.16. The summed E-state index contributed by atoms with van der Waals surface area (Å²) in [7, 11) is 0. The fourth-order valence-electron chi connectivity index (χ4n) is 1.09. The van der Waals surface area contributed by atoms with Crippen LogP contribution in [0.5, 0.6) is 0 Å². The molecule has 0 saturated heterocycles. The molecule has 1 aromatic rings. The van der Waals surface area contributed by atoms with E-state index >= 15 is 0 Å². The van der Waals surface area contributed by atoms with Gasteiger partial charge < -0.3 is 0 Å². The Kier molecular flexibility index (Phi) is 3.22. The van der Waals surface area contributed by atoms with Crippen LogP contribution in [0.3, 0.4) is 0 Å². The Hall–Kier alpha value is -1.85. The molecule has 0 bridgehead atoms. The second-order valence-electron chi connectivity index (χ2n) is 2.77. The Balaban J connectivity index is 3.12. The predicted octanol–water partition coefficient (Wildman–Crippen LogP) is 2.34. The zero-order valence-electron chi connectivity index (χ0n) is 7.64. The molecule has 74 valence electrons. The van der Waals surface area contributed by atoms with Gasteiger partial charge in [-0.1, -0.05) is 13.3 Å². The summed E-state index contributed by atoms with van der Waals surface area (Å²) < 4.78 is 0. The normalized spacial score (nSPS) is 9.79. The second kappa shape index (κ2) is 4.40. The van der Waals surface area contributed by atoms with Gasteiger partial charge in [-0.25, -0.2) is 4.98 Å². The molecule has 1 aromatic heterocycles. The molecule has 0 aliphatic heterocycles. The molecule has 0 spiro atoms. The fourth-order valence-corrected chi connectivity index (χ4v) is 1.09. The van der Waals surface area contributed by atoms with Crippen molar-refractivity contribution in [1.82, 2.24) is 4.98 Å². The summed E-state index contributed by atoms with van der Waals surface area (Å²) in [4.78, 5) is 23.9. The maximum absolute atomic E-state index is 10.5. The van der Waals surface area contributed by atoms with E-state index in [0.717, 1.165) is 12.5 Å². The standard InChI is InChI=1S/C8H9N3O3/c1-2-3-6-4-7(11(13)14)5-8(9-6)10-12/h4-5H,2-3H2,1H3. The summed E-state index contributed by atoms with van der Waals surface area (Å²) in [5, 5.41) is 13.1. The molecule has 0 radical (unpaired) electrons. The van der Waals surface area contributed by atoms with Crippen LogP contribution in [0.1, 0.15) is 19.0 Å². The topological polar surface area (TPSA) is 85.5 Å². The maximum Gasteiger partial charge on any atom is 0.275 e.